The van der Waals surface area contributed by atoms with E-state index in [0.29, 0.717) is 16.6 Å². The summed E-state index contributed by atoms with van der Waals surface area (Å²) in [6.07, 6.45) is -1.65. The minimum Gasteiger partial charge on any atom is -0.294 e. The van der Waals surface area contributed by atoms with E-state index in [-0.39, 0.29) is 12.1 Å². The first-order valence-corrected chi connectivity index (χ1v) is 8.91. The largest absolute Gasteiger partial charge is 0.416 e. The van der Waals surface area contributed by atoms with Gasteiger partial charge in [-0.2, -0.15) is 18.3 Å². The van der Waals surface area contributed by atoms with E-state index < -0.39 is 11.7 Å². The molecule has 0 atom stereocenters. The SMILES string of the molecule is Cc1cccc(-n2ncc3c(=O)n(Cc4cccc(C(F)(F)F)c4)cnc32)c1C. The fourth-order valence-corrected chi connectivity index (χ4v) is 3.25. The van der Waals surface area contributed by atoms with Crippen LogP contribution in [0.5, 0.6) is 0 Å². The number of hydrogen-bond donors (Lipinski definition) is 0. The number of nitrogens with zero attached hydrogens (tertiary/aromatic N) is 4. The van der Waals surface area contributed by atoms with Crippen LogP contribution in [0.15, 0.2) is 59.8 Å². The van der Waals surface area contributed by atoms with Crippen LogP contribution >= 0.6 is 0 Å². The summed E-state index contributed by atoms with van der Waals surface area (Å²) in [5.74, 6) is 0. The first kappa shape index (κ1) is 18.9. The molecule has 0 unspecified atom stereocenters. The van der Waals surface area contributed by atoms with Crippen LogP contribution in [0.3, 0.4) is 0 Å². The zero-order valence-electron chi connectivity index (χ0n) is 15.7. The molecule has 2 aromatic carbocycles. The summed E-state index contributed by atoms with van der Waals surface area (Å²) in [6, 6.07) is 10.7. The maximum atomic E-state index is 12.9. The highest BCUT2D eigenvalue weighted by atomic mass is 19.4. The van der Waals surface area contributed by atoms with Gasteiger partial charge >= 0.3 is 6.18 Å². The lowest BCUT2D eigenvalue weighted by Crippen LogP contribution is -2.21. The molecule has 0 N–H and O–H groups in total. The third kappa shape index (κ3) is 3.41. The maximum Gasteiger partial charge on any atom is 0.416 e. The molecular weight excluding hydrogens is 381 g/mol. The Balaban J connectivity index is 1.75. The van der Waals surface area contributed by atoms with Crippen LogP contribution in [0.25, 0.3) is 16.7 Å². The van der Waals surface area contributed by atoms with Gasteiger partial charge in [-0.25, -0.2) is 9.67 Å². The predicted octanol–water partition coefficient (Wildman–Crippen LogP) is 4.27. The zero-order chi connectivity index (χ0) is 20.8. The minimum atomic E-state index is -4.43. The number of fused-ring (bicyclic) bond motifs is 1. The number of aromatic nitrogens is 4. The average molecular weight is 398 g/mol. The van der Waals surface area contributed by atoms with E-state index >= 15 is 0 Å². The molecule has 5 nitrogen and oxygen atoms in total. The van der Waals surface area contributed by atoms with E-state index in [9.17, 15) is 18.0 Å². The molecule has 0 saturated carbocycles. The Labute approximate surface area is 164 Å². The zero-order valence-corrected chi connectivity index (χ0v) is 15.7. The van der Waals surface area contributed by atoms with Crippen LogP contribution in [0.4, 0.5) is 13.2 Å². The molecule has 0 spiro atoms. The lowest BCUT2D eigenvalue weighted by atomic mass is 10.1. The fraction of sp³-hybridized carbons (Fsp3) is 0.190. The number of aryl methyl sites for hydroxylation is 1. The van der Waals surface area contributed by atoms with E-state index in [0.717, 1.165) is 28.9 Å². The normalized spacial score (nSPS) is 11.9. The van der Waals surface area contributed by atoms with Crippen LogP contribution in [0.1, 0.15) is 22.3 Å². The van der Waals surface area contributed by atoms with Gasteiger partial charge in [0.1, 0.15) is 11.7 Å². The van der Waals surface area contributed by atoms with E-state index in [1.54, 1.807) is 10.7 Å². The van der Waals surface area contributed by atoms with Gasteiger partial charge in [0, 0.05) is 0 Å². The molecule has 29 heavy (non-hydrogen) atoms. The van der Waals surface area contributed by atoms with Crippen molar-refractivity contribution in [2.45, 2.75) is 26.6 Å². The first-order valence-electron chi connectivity index (χ1n) is 8.91. The Morgan fingerprint density at radius 2 is 1.83 bits per heavy atom. The Hall–Kier alpha value is -3.42. The monoisotopic (exact) mass is 398 g/mol. The number of rotatable bonds is 3. The van der Waals surface area contributed by atoms with Crippen LogP contribution in [0.2, 0.25) is 0 Å². The van der Waals surface area contributed by atoms with Gasteiger partial charge in [-0.15, -0.1) is 0 Å². The first-order chi connectivity index (χ1) is 13.8. The van der Waals surface area contributed by atoms with Gasteiger partial charge in [0.25, 0.3) is 5.56 Å². The molecule has 0 aliphatic carbocycles. The van der Waals surface area contributed by atoms with Gasteiger partial charge in [-0.1, -0.05) is 24.3 Å². The lowest BCUT2D eigenvalue weighted by molar-refractivity contribution is -0.137. The summed E-state index contributed by atoms with van der Waals surface area (Å²) in [4.78, 5) is 17.2. The molecule has 148 valence electrons. The van der Waals surface area contributed by atoms with Crippen molar-refractivity contribution in [3.63, 3.8) is 0 Å². The third-order valence-electron chi connectivity index (χ3n) is 4.97. The summed E-state index contributed by atoms with van der Waals surface area (Å²) in [6.45, 7) is 3.94. The molecule has 0 bridgehead atoms. The van der Waals surface area contributed by atoms with Crippen molar-refractivity contribution in [2.75, 3.05) is 0 Å². The quantitative estimate of drug-likeness (QED) is 0.518. The number of alkyl halides is 3. The summed E-state index contributed by atoms with van der Waals surface area (Å²) in [5.41, 5.74) is 2.59. The highest BCUT2D eigenvalue weighted by molar-refractivity contribution is 5.75. The Morgan fingerprint density at radius 1 is 1.07 bits per heavy atom. The Morgan fingerprint density at radius 3 is 2.59 bits per heavy atom. The molecular formula is C21H17F3N4O. The molecule has 0 fully saturated rings. The topological polar surface area (TPSA) is 52.7 Å². The van der Waals surface area contributed by atoms with Gasteiger partial charge in [0.05, 0.1) is 24.0 Å². The van der Waals surface area contributed by atoms with Gasteiger partial charge in [0.15, 0.2) is 5.65 Å². The maximum absolute atomic E-state index is 12.9. The van der Waals surface area contributed by atoms with Crippen LogP contribution in [-0.4, -0.2) is 19.3 Å². The molecule has 8 heteroatoms. The van der Waals surface area contributed by atoms with E-state index in [1.165, 1.54) is 23.2 Å². The van der Waals surface area contributed by atoms with Gasteiger partial charge in [-0.3, -0.25) is 9.36 Å². The molecule has 2 aromatic heterocycles. The molecule has 0 radical (unpaired) electrons. The molecule has 0 aliphatic rings. The highest BCUT2D eigenvalue weighted by Gasteiger charge is 2.30. The Bertz CT molecular complexity index is 1270. The number of hydrogen-bond acceptors (Lipinski definition) is 3. The predicted molar refractivity (Wildman–Crippen MR) is 103 cm³/mol. The molecule has 0 saturated heterocycles. The van der Waals surface area contributed by atoms with Crippen molar-refractivity contribution in [2.24, 2.45) is 0 Å². The summed E-state index contributed by atoms with van der Waals surface area (Å²) in [5, 5.41) is 4.62. The summed E-state index contributed by atoms with van der Waals surface area (Å²) < 4.78 is 41.7. The van der Waals surface area contributed by atoms with Gasteiger partial charge in [-0.05, 0) is 48.7 Å². The van der Waals surface area contributed by atoms with Crippen LogP contribution in [-0.2, 0) is 12.7 Å². The van der Waals surface area contributed by atoms with Crippen molar-refractivity contribution in [1.29, 1.82) is 0 Å². The molecule has 0 aliphatic heterocycles. The second-order valence-corrected chi connectivity index (χ2v) is 6.89. The molecule has 2 heterocycles. The second kappa shape index (κ2) is 6.88. The average Bonchev–Trinajstić information content (AvgIpc) is 3.10. The van der Waals surface area contributed by atoms with Crippen molar-refractivity contribution in [3.8, 4) is 5.69 Å². The van der Waals surface area contributed by atoms with E-state index in [1.807, 2.05) is 32.0 Å². The molecule has 4 aromatic rings. The highest BCUT2D eigenvalue weighted by Crippen LogP contribution is 2.29. The van der Waals surface area contributed by atoms with E-state index in [2.05, 4.69) is 10.1 Å². The van der Waals surface area contributed by atoms with Gasteiger partial charge < -0.3 is 0 Å². The van der Waals surface area contributed by atoms with Gasteiger partial charge in [0.2, 0.25) is 0 Å². The van der Waals surface area contributed by atoms with E-state index in [4.69, 9.17) is 0 Å². The van der Waals surface area contributed by atoms with Crippen molar-refractivity contribution in [3.05, 3.63) is 87.6 Å². The second-order valence-electron chi connectivity index (χ2n) is 6.89. The Kier molecular flexibility index (Phi) is 4.49. The van der Waals surface area contributed by atoms with Crippen molar-refractivity contribution < 1.29 is 13.2 Å². The summed E-state index contributed by atoms with van der Waals surface area (Å²) in [7, 11) is 0. The number of halogens is 3. The van der Waals surface area contributed by atoms with Crippen molar-refractivity contribution in [1.82, 2.24) is 19.3 Å². The third-order valence-corrected chi connectivity index (χ3v) is 4.97. The molecule has 4 rings (SSSR count). The standard InChI is InChI=1S/C21H17F3N4O/c1-13-5-3-8-18(14(13)2)28-19-17(10-26-28)20(29)27(12-25-19)11-15-6-4-7-16(9-15)21(22,23)24/h3-10,12H,11H2,1-2H3. The van der Waals surface area contributed by atoms with Crippen molar-refractivity contribution >= 4 is 11.0 Å². The van der Waals surface area contributed by atoms with Crippen LogP contribution < -0.4 is 5.56 Å². The smallest absolute Gasteiger partial charge is 0.294 e. The molecule has 0 amide bonds. The minimum absolute atomic E-state index is 0.0135. The van der Waals surface area contributed by atoms with Crippen LogP contribution in [0, 0.1) is 13.8 Å². The fourth-order valence-electron chi connectivity index (χ4n) is 3.25. The summed E-state index contributed by atoms with van der Waals surface area (Å²) >= 11 is 0. The lowest BCUT2D eigenvalue weighted by Gasteiger charge is -2.11. The number of benzene rings is 2.